The molecule has 162 valence electrons. The van der Waals surface area contributed by atoms with Crippen LogP contribution in [0.15, 0.2) is 46.8 Å². The minimum Gasteiger partial charge on any atom is -0.325 e. The Balaban J connectivity index is 1.54. The SMILES string of the molecule is Cc1cc(C)cc(C(=O)Nc2nnc(SCC(=O)Nc3cccc(C(F)(F)F)c3)s2)c1. The highest BCUT2D eigenvalue weighted by atomic mass is 32.2. The van der Waals surface area contributed by atoms with E-state index in [2.05, 4.69) is 20.8 Å². The maximum atomic E-state index is 12.8. The molecule has 0 aliphatic heterocycles. The normalized spacial score (nSPS) is 11.3. The first kappa shape index (κ1) is 22.8. The van der Waals surface area contributed by atoms with Crippen LogP contribution in [0.4, 0.5) is 24.0 Å². The van der Waals surface area contributed by atoms with Crippen LogP contribution in [0.1, 0.15) is 27.0 Å². The molecule has 0 atom stereocenters. The van der Waals surface area contributed by atoms with Gasteiger partial charge in [0, 0.05) is 11.3 Å². The van der Waals surface area contributed by atoms with Crippen LogP contribution < -0.4 is 10.6 Å². The van der Waals surface area contributed by atoms with Crippen LogP contribution in [0.25, 0.3) is 0 Å². The van der Waals surface area contributed by atoms with Gasteiger partial charge in [0.25, 0.3) is 5.91 Å². The van der Waals surface area contributed by atoms with Crippen LogP contribution in [0.3, 0.4) is 0 Å². The van der Waals surface area contributed by atoms with E-state index in [1.807, 2.05) is 19.9 Å². The van der Waals surface area contributed by atoms with E-state index in [4.69, 9.17) is 0 Å². The number of hydrogen-bond acceptors (Lipinski definition) is 6. The molecule has 0 aliphatic carbocycles. The number of thioether (sulfide) groups is 1. The molecule has 0 radical (unpaired) electrons. The van der Waals surface area contributed by atoms with Gasteiger partial charge in [-0.3, -0.25) is 14.9 Å². The maximum Gasteiger partial charge on any atom is 0.416 e. The molecule has 2 N–H and O–H groups in total. The molecule has 31 heavy (non-hydrogen) atoms. The molecule has 1 heterocycles. The molecule has 0 bridgehead atoms. The van der Waals surface area contributed by atoms with Gasteiger partial charge >= 0.3 is 6.18 Å². The number of anilines is 2. The molecule has 11 heteroatoms. The number of nitrogens with zero attached hydrogens (tertiary/aromatic N) is 2. The number of nitrogens with one attached hydrogen (secondary N) is 2. The predicted molar refractivity (Wildman–Crippen MR) is 115 cm³/mol. The van der Waals surface area contributed by atoms with E-state index in [0.29, 0.717) is 9.90 Å². The van der Waals surface area contributed by atoms with Gasteiger partial charge in [-0.25, -0.2) is 0 Å². The highest BCUT2D eigenvalue weighted by molar-refractivity contribution is 8.01. The summed E-state index contributed by atoms with van der Waals surface area (Å²) in [4.78, 5) is 24.4. The Morgan fingerprint density at radius 3 is 2.42 bits per heavy atom. The van der Waals surface area contributed by atoms with E-state index in [0.717, 1.165) is 46.4 Å². The van der Waals surface area contributed by atoms with Crippen LogP contribution in [0, 0.1) is 13.8 Å². The Hall–Kier alpha value is -2.92. The Bertz CT molecular complexity index is 1100. The van der Waals surface area contributed by atoms with Gasteiger partial charge < -0.3 is 5.32 Å². The number of alkyl halides is 3. The molecule has 0 unspecified atom stereocenters. The number of amides is 2. The second-order valence-electron chi connectivity index (χ2n) is 6.62. The van der Waals surface area contributed by atoms with Gasteiger partial charge in [-0.2, -0.15) is 13.2 Å². The van der Waals surface area contributed by atoms with Crippen molar-refractivity contribution < 1.29 is 22.8 Å². The molecule has 1 aromatic heterocycles. The number of aromatic nitrogens is 2. The van der Waals surface area contributed by atoms with Crippen molar-refractivity contribution in [1.29, 1.82) is 0 Å². The average Bonchev–Trinajstić information content (AvgIpc) is 3.12. The molecule has 0 fully saturated rings. The van der Waals surface area contributed by atoms with Crippen molar-refractivity contribution in [3.8, 4) is 0 Å². The minimum atomic E-state index is -4.49. The smallest absolute Gasteiger partial charge is 0.325 e. The molecule has 3 rings (SSSR count). The number of carbonyl (C=O) groups is 2. The van der Waals surface area contributed by atoms with Crippen molar-refractivity contribution in [2.24, 2.45) is 0 Å². The van der Waals surface area contributed by atoms with Crippen molar-refractivity contribution in [3.05, 3.63) is 64.7 Å². The number of benzene rings is 2. The lowest BCUT2D eigenvalue weighted by Gasteiger charge is -2.09. The zero-order valence-electron chi connectivity index (χ0n) is 16.4. The topological polar surface area (TPSA) is 84.0 Å². The number of hydrogen-bond donors (Lipinski definition) is 2. The lowest BCUT2D eigenvalue weighted by Crippen LogP contribution is -2.15. The van der Waals surface area contributed by atoms with E-state index in [1.54, 1.807) is 12.1 Å². The lowest BCUT2D eigenvalue weighted by atomic mass is 10.1. The summed E-state index contributed by atoms with van der Waals surface area (Å²) in [5.74, 6) is -0.877. The number of rotatable bonds is 6. The van der Waals surface area contributed by atoms with Crippen LogP contribution >= 0.6 is 23.1 Å². The second kappa shape index (κ2) is 9.48. The summed E-state index contributed by atoms with van der Waals surface area (Å²) in [6.07, 6.45) is -4.49. The predicted octanol–water partition coefficient (Wildman–Crippen LogP) is 5.16. The van der Waals surface area contributed by atoms with Crippen molar-refractivity contribution in [3.63, 3.8) is 0 Å². The van der Waals surface area contributed by atoms with Crippen molar-refractivity contribution >= 4 is 45.7 Å². The molecule has 2 aromatic carbocycles. The summed E-state index contributed by atoms with van der Waals surface area (Å²) in [5.41, 5.74) is 1.64. The molecule has 0 aliphatic rings. The molecule has 0 saturated carbocycles. The van der Waals surface area contributed by atoms with Crippen LogP contribution in [-0.2, 0) is 11.0 Å². The molecular formula is C20H17F3N4O2S2. The largest absolute Gasteiger partial charge is 0.416 e. The number of halogens is 3. The standard InChI is InChI=1S/C20H17F3N4O2S2/c1-11-6-12(2)8-13(7-11)17(29)25-18-26-27-19(31-18)30-10-16(28)24-15-5-3-4-14(9-15)20(21,22)23/h3-9H,10H2,1-2H3,(H,24,28)(H,25,26,29). The Morgan fingerprint density at radius 2 is 1.74 bits per heavy atom. The summed E-state index contributed by atoms with van der Waals surface area (Å²) >= 11 is 2.16. The highest BCUT2D eigenvalue weighted by Crippen LogP contribution is 2.31. The number of carbonyl (C=O) groups excluding carboxylic acids is 2. The van der Waals surface area contributed by atoms with Crippen LogP contribution in [0.2, 0.25) is 0 Å². The summed E-state index contributed by atoms with van der Waals surface area (Å²) in [5, 5.41) is 13.2. The molecule has 2 amide bonds. The van der Waals surface area contributed by atoms with E-state index in [1.165, 1.54) is 12.1 Å². The highest BCUT2D eigenvalue weighted by Gasteiger charge is 2.30. The summed E-state index contributed by atoms with van der Waals surface area (Å²) in [7, 11) is 0. The van der Waals surface area contributed by atoms with Gasteiger partial charge in [-0.1, -0.05) is 46.4 Å². The zero-order valence-corrected chi connectivity index (χ0v) is 18.0. The van der Waals surface area contributed by atoms with E-state index < -0.39 is 17.6 Å². The van der Waals surface area contributed by atoms with Crippen LogP contribution in [0.5, 0.6) is 0 Å². The van der Waals surface area contributed by atoms with Gasteiger partial charge in [0.1, 0.15) is 0 Å². The third kappa shape index (κ3) is 6.53. The zero-order chi connectivity index (χ0) is 22.6. The fourth-order valence-corrected chi connectivity index (χ4v) is 4.24. The van der Waals surface area contributed by atoms with Gasteiger partial charge in [-0.15, -0.1) is 10.2 Å². The fourth-order valence-electron chi connectivity index (χ4n) is 2.69. The third-order valence-electron chi connectivity index (χ3n) is 3.91. The fraction of sp³-hybridized carbons (Fsp3) is 0.200. The second-order valence-corrected chi connectivity index (χ2v) is 8.82. The summed E-state index contributed by atoms with van der Waals surface area (Å²) in [6, 6.07) is 9.88. The van der Waals surface area contributed by atoms with Crippen LogP contribution in [-0.4, -0.2) is 27.8 Å². The molecule has 0 spiro atoms. The maximum absolute atomic E-state index is 12.8. The molecule has 6 nitrogen and oxygen atoms in total. The first-order valence-electron chi connectivity index (χ1n) is 8.93. The van der Waals surface area contributed by atoms with Crippen molar-refractivity contribution in [1.82, 2.24) is 10.2 Å². The first-order valence-corrected chi connectivity index (χ1v) is 10.7. The minimum absolute atomic E-state index is 0.0547. The van der Waals surface area contributed by atoms with Crippen molar-refractivity contribution in [2.45, 2.75) is 24.4 Å². The van der Waals surface area contributed by atoms with Gasteiger partial charge in [0.2, 0.25) is 11.0 Å². The monoisotopic (exact) mass is 466 g/mol. The van der Waals surface area contributed by atoms with E-state index in [-0.39, 0.29) is 22.5 Å². The van der Waals surface area contributed by atoms with Gasteiger partial charge in [-0.05, 0) is 44.2 Å². The summed E-state index contributed by atoms with van der Waals surface area (Å²) in [6.45, 7) is 3.79. The van der Waals surface area contributed by atoms with Crippen molar-refractivity contribution in [2.75, 3.05) is 16.4 Å². The van der Waals surface area contributed by atoms with Gasteiger partial charge in [0.15, 0.2) is 4.34 Å². The molecular weight excluding hydrogens is 449 g/mol. The Morgan fingerprint density at radius 1 is 1.03 bits per heavy atom. The summed E-state index contributed by atoms with van der Waals surface area (Å²) < 4.78 is 38.7. The van der Waals surface area contributed by atoms with E-state index >= 15 is 0 Å². The van der Waals surface area contributed by atoms with E-state index in [9.17, 15) is 22.8 Å². The quantitative estimate of drug-likeness (QED) is 0.387. The lowest BCUT2D eigenvalue weighted by molar-refractivity contribution is -0.137. The Kier molecular flexibility index (Phi) is 6.96. The molecule has 3 aromatic rings. The third-order valence-corrected chi connectivity index (χ3v) is 5.88. The van der Waals surface area contributed by atoms with Gasteiger partial charge in [0.05, 0.1) is 11.3 Å². The average molecular weight is 467 g/mol. The Labute approximate surface area is 184 Å². The number of aryl methyl sites for hydroxylation is 2. The molecule has 0 saturated heterocycles. The first-order chi connectivity index (χ1) is 14.6.